The Morgan fingerprint density at radius 3 is 0.658 bits per heavy atom. The van der Waals surface area contributed by atoms with Gasteiger partial charge in [0.25, 0.3) is 0 Å². The summed E-state index contributed by atoms with van der Waals surface area (Å²) in [7, 11) is 0. The van der Waals surface area contributed by atoms with Gasteiger partial charge in [0.05, 0.1) is 0 Å². The second kappa shape index (κ2) is 16.2. The molecule has 4 heterocycles. The predicted molar refractivity (Wildman–Crippen MR) is 327 cm³/mol. The van der Waals surface area contributed by atoms with Gasteiger partial charge in [-0.3, -0.25) is 0 Å². The molecule has 0 saturated carbocycles. The monoisotopic (exact) mass is 974 g/mol. The van der Waals surface area contributed by atoms with Crippen molar-refractivity contribution in [3.05, 3.63) is 206 Å². The smallest absolute Gasteiger partial charge is 0.0497 e. The number of nitrogens with zero attached hydrogens (tertiary/aromatic N) is 4. The Kier molecular flexibility index (Phi) is 9.22. The molecule has 0 aliphatic rings. The molecule has 4 heteroatoms. The fourth-order valence-corrected chi connectivity index (χ4v) is 14.2. The van der Waals surface area contributed by atoms with Crippen molar-refractivity contribution in [3.8, 4) is 44.5 Å². The average molecular weight is 975 g/mol. The lowest BCUT2D eigenvalue weighted by atomic mass is 9.81. The van der Waals surface area contributed by atoms with E-state index >= 15 is 0 Å². The van der Waals surface area contributed by atoms with Gasteiger partial charge in [-0.05, 0) is 165 Å². The van der Waals surface area contributed by atoms with Crippen molar-refractivity contribution >= 4 is 120 Å². The van der Waals surface area contributed by atoms with Crippen LogP contribution in [0, 0.1) is 0 Å². The maximum Gasteiger partial charge on any atom is 0.0497 e. The Balaban J connectivity index is 1.05. The minimum Gasteiger partial charge on any atom is -0.341 e. The Morgan fingerprint density at radius 2 is 0.421 bits per heavy atom. The summed E-state index contributed by atoms with van der Waals surface area (Å²) in [5, 5.41) is 18.1. The van der Waals surface area contributed by atoms with Crippen molar-refractivity contribution in [1.82, 2.24) is 18.3 Å². The molecular weight excluding hydrogens is 921 g/mol. The lowest BCUT2D eigenvalue weighted by Gasteiger charge is -2.22. The summed E-state index contributed by atoms with van der Waals surface area (Å²) in [5.41, 5.74) is 20.1. The number of hydrogen-bond acceptors (Lipinski definition) is 0. The summed E-state index contributed by atoms with van der Waals surface area (Å²) in [6.07, 6.45) is 0. The van der Waals surface area contributed by atoms with Gasteiger partial charge in [0.15, 0.2) is 0 Å². The molecule has 0 unspecified atom stereocenters. The first-order valence-corrected chi connectivity index (χ1v) is 27.4. The number of benzene rings is 12. The van der Waals surface area contributed by atoms with E-state index in [-0.39, 0.29) is 0 Å². The minimum atomic E-state index is 0.893. The van der Waals surface area contributed by atoms with Gasteiger partial charge in [-0.1, -0.05) is 146 Å². The van der Waals surface area contributed by atoms with E-state index in [0.29, 0.717) is 0 Å². The van der Waals surface area contributed by atoms with Gasteiger partial charge < -0.3 is 18.3 Å². The predicted octanol–water partition coefficient (Wildman–Crippen LogP) is 19.8. The number of fused-ring (bicyclic) bond motifs is 12. The SMILES string of the molecule is CCn1c2ccccc2c2ccc(-c3cc(-c4ccc5c6ccccc6n(CC)c5c4)c4ccc5c(-c6ccc7c8ccccc8n(CC)c7c6)cc(-c6ccc7c8ccccc8n(CC)c7c6)c6ccc3c4c65)cc21. The van der Waals surface area contributed by atoms with Gasteiger partial charge in [-0.25, -0.2) is 0 Å². The van der Waals surface area contributed by atoms with Gasteiger partial charge in [0.2, 0.25) is 0 Å². The number of aromatic nitrogens is 4. The Labute approximate surface area is 440 Å². The zero-order chi connectivity index (χ0) is 50.5. The largest absolute Gasteiger partial charge is 0.341 e. The Morgan fingerprint density at radius 1 is 0.211 bits per heavy atom. The summed E-state index contributed by atoms with van der Waals surface area (Å²) >= 11 is 0. The highest BCUT2D eigenvalue weighted by atomic mass is 15.0. The van der Waals surface area contributed by atoms with Crippen LogP contribution in [0.1, 0.15) is 27.7 Å². The number of hydrogen-bond donors (Lipinski definition) is 0. The lowest BCUT2D eigenvalue weighted by Crippen LogP contribution is -1.96. The maximum absolute atomic E-state index is 2.51. The zero-order valence-electron chi connectivity index (χ0n) is 43.2. The molecule has 76 heavy (non-hydrogen) atoms. The molecule has 4 nitrogen and oxygen atoms in total. The van der Waals surface area contributed by atoms with E-state index < -0.39 is 0 Å². The molecule has 0 N–H and O–H groups in total. The lowest BCUT2D eigenvalue weighted by molar-refractivity contribution is 0.827. The Hall–Kier alpha value is -9.12. The quantitative estimate of drug-likeness (QED) is 0.135. The van der Waals surface area contributed by atoms with Gasteiger partial charge in [-0.2, -0.15) is 0 Å². The fraction of sp³-hybridized carbons (Fsp3) is 0.111. The molecule has 0 amide bonds. The third-order valence-corrected chi connectivity index (χ3v) is 17.5. The van der Waals surface area contributed by atoms with E-state index in [0.717, 1.165) is 26.2 Å². The molecule has 16 rings (SSSR count). The van der Waals surface area contributed by atoms with Crippen molar-refractivity contribution in [1.29, 1.82) is 0 Å². The minimum absolute atomic E-state index is 0.893. The first kappa shape index (κ1) is 43.3. The molecule has 362 valence electrons. The van der Waals surface area contributed by atoms with E-state index in [9.17, 15) is 0 Å². The summed E-state index contributed by atoms with van der Waals surface area (Å²) < 4.78 is 9.96. The molecule has 0 aliphatic carbocycles. The molecule has 0 fully saturated rings. The van der Waals surface area contributed by atoms with Crippen LogP contribution < -0.4 is 0 Å². The molecule has 0 atom stereocenters. The van der Waals surface area contributed by atoms with Gasteiger partial charge >= 0.3 is 0 Å². The molecular formula is C72H54N4. The van der Waals surface area contributed by atoms with E-state index in [2.05, 4.69) is 252 Å². The second-order valence-corrected chi connectivity index (χ2v) is 21.0. The van der Waals surface area contributed by atoms with Crippen LogP contribution in [-0.2, 0) is 26.2 Å². The number of para-hydroxylation sites is 4. The Bertz CT molecular complexity index is 4470. The highest BCUT2D eigenvalue weighted by molar-refractivity contribution is 6.32. The summed E-state index contributed by atoms with van der Waals surface area (Å²) in [6.45, 7) is 12.7. The highest BCUT2D eigenvalue weighted by Gasteiger charge is 2.24. The highest BCUT2D eigenvalue weighted by Crippen LogP contribution is 2.50. The molecule has 12 aromatic carbocycles. The van der Waals surface area contributed by atoms with Crippen LogP contribution in [0.15, 0.2) is 206 Å². The number of aryl methyl sites for hydroxylation is 4. The van der Waals surface area contributed by atoms with E-state index in [4.69, 9.17) is 0 Å². The van der Waals surface area contributed by atoms with E-state index in [1.165, 1.54) is 164 Å². The first-order chi connectivity index (χ1) is 37.5. The van der Waals surface area contributed by atoms with Crippen LogP contribution in [0.5, 0.6) is 0 Å². The normalized spacial score (nSPS) is 12.4. The van der Waals surface area contributed by atoms with Crippen molar-refractivity contribution in [3.63, 3.8) is 0 Å². The third kappa shape index (κ3) is 5.84. The molecule has 16 aromatic rings. The fourth-order valence-electron chi connectivity index (χ4n) is 14.2. The van der Waals surface area contributed by atoms with Crippen LogP contribution in [0.25, 0.3) is 164 Å². The third-order valence-electron chi connectivity index (χ3n) is 17.5. The molecule has 0 bridgehead atoms. The van der Waals surface area contributed by atoms with Crippen LogP contribution in [0.3, 0.4) is 0 Å². The summed E-state index contributed by atoms with van der Waals surface area (Å²) in [6, 6.07) is 79.2. The molecule has 0 spiro atoms. The molecule has 0 aliphatic heterocycles. The van der Waals surface area contributed by atoms with Crippen molar-refractivity contribution in [2.45, 2.75) is 53.9 Å². The van der Waals surface area contributed by atoms with Crippen molar-refractivity contribution in [2.24, 2.45) is 0 Å². The van der Waals surface area contributed by atoms with Gasteiger partial charge in [0, 0.05) is 113 Å². The van der Waals surface area contributed by atoms with Crippen LogP contribution >= 0.6 is 0 Å². The van der Waals surface area contributed by atoms with Crippen molar-refractivity contribution in [2.75, 3.05) is 0 Å². The summed E-state index contributed by atoms with van der Waals surface area (Å²) in [4.78, 5) is 0. The van der Waals surface area contributed by atoms with Gasteiger partial charge in [0.1, 0.15) is 0 Å². The average Bonchev–Trinajstić information content (AvgIpc) is 4.28. The van der Waals surface area contributed by atoms with E-state index in [1.807, 2.05) is 0 Å². The van der Waals surface area contributed by atoms with Gasteiger partial charge in [-0.15, -0.1) is 0 Å². The topological polar surface area (TPSA) is 19.7 Å². The van der Waals surface area contributed by atoms with Crippen LogP contribution in [0.4, 0.5) is 0 Å². The standard InChI is InChI=1S/C72H54N4/c1-5-73-63-21-13-9-17-47(63)51-29-25-43(37-67(51)73)59-41-60(44-26-30-52-48-18-10-14-22-64(48)74(6-2)68(52)38-44)56-35-36-58-62(46-28-32-54-50-20-12-16-24-66(50)76(8-4)70(54)40-46)42-61(57-34-33-55(59)71(56)72(57)58)45-27-31-53-49-19-11-15-23-65(49)75(7-3)69(53)39-45/h9-42H,5-8H2,1-4H3. The van der Waals surface area contributed by atoms with Crippen LogP contribution in [0.2, 0.25) is 0 Å². The summed E-state index contributed by atoms with van der Waals surface area (Å²) in [5.74, 6) is 0. The first-order valence-electron chi connectivity index (χ1n) is 27.4. The number of rotatable bonds is 8. The van der Waals surface area contributed by atoms with E-state index in [1.54, 1.807) is 0 Å². The molecule has 0 radical (unpaired) electrons. The van der Waals surface area contributed by atoms with Crippen molar-refractivity contribution < 1.29 is 0 Å². The zero-order valence-corrected chi connectivity index (χ0v) is 43.2. The molecule has 4 aromatic heterocycles. The molecule has 0 saturated heterocycles. The van der Waals surface area contributed by atoms with Crippen LogP contribution in [-0.4, -0.2) is 18.3 Å². The second-order valence-electron chi connectivity index (χ2n) is 21.0. The maximum atomic E-state index is 2.51.